The van der Waals surface area contributed by atoms with Crippen molar-refractivity contribution in [1.29, 1.82) is 0 Å². The van der Waals surface area contributed by atoms with Gasteiger partial charge in [-0.2, -0.15) is 0 Å². The van der Waals surface area contributed by atoms with Crippen molar-refractivity contribution >= 4 is 16.9 Å². The zero-order chi connectivity index (χ0) is 29.5. The molecule has 6 nitrogen and oxygen atoms in total. The number of ether oxygens (including phenoxy) is 2. The number of benzene rings is 3. The summed E-state index contributed by atoms with van der Waals surface area (Å²) in [6.07, 6.45) is 3.21. The van der Waals surface area contributed by atoms with Gasteiger partial charge in [-0.1, -0.05) is 93.6 Å². The summed E-state index contributed by atoms with van der Waals surface area (Å²) in [6, 6.07) is 28.8. The molecule has 1 aliphatic heterocycles. The van der Waals surface area contributed by atoms with Crippen molar-refractivity contribution in [2.45, 2.75) is 71.3 Å². The second-order valence-corrected chi connectivity index (χ2v) is 12.4. The topological polar surface area (TPSA) is 71.9 Å². The van der Waals surface area contributed by atoms with Gasteiger partial charge in [0, 0.05) is 31.0 Å². The molecule has 3 atom stereocenters. The first-order chi connectivity index (χ1) is 20.3. The molecule has 42 heavy (non-hydrogen) atoms. The van der Waals surface area contributed by atoms with Crippen LogP contribution in [-0.4, -0.2) is 46.4 Å². The zero-order valence-corrected chi connectivity index (χ0v) is 24.9. The van der Waals surface area contributed by atoms with E-state index < -0.39 is 6.09 Å². The first kappa shape index (κ1) is 29.7. The first-order valence-electron chi connectivity index (χ1n) is 14.9. The summed E-state index contributed by atoms with van der Waals surface area (Å²) in [5.74, 6) is 0.0426. The Morgan fingerprint density at radius 1 is 0.929 bits per heavy atom. The monoisotopic (exact) mass is 566 g/mol. The highest BCUT2D eigenvalue weighted by Crippen LogP contribution is 2.41. The Bertz CT molecular complexity index is 1450. The van der Waals surface area contributed by atoms with Crippen LogP contribution in [0.15, 0.2) is 91.1 Å². The van der Waals surface area contributed by atoms with Crippen LogP contribution in [0, 0.1) is 5.41 Å². The van der Waals surface area contributed by atoms with Crippen molar-refractivity contribution in [3.05, 3.63) is 114 Å². The molecule has 4 aromatic rings. The molecule has 3 aromatic carbocycles. The largest absolute Gasteiger partial charge is 0.465 e. The van der Waals surface area contributed by atoms with Crippen LogP contribution in [0.4, 0.5) is 4.79 Å². The molecule has 6 heteroatoms. The number of hydrogen-bond acceptors (Lipinski definition) is 4. The van der Waals surface area contributed by atoms with Crippen LogP contribution in [0.25, 0.3) is 10.8 Å². The fraction of sp³-hybridized carbons (Fsp3) is 0.389. The third-order valence-electron chi connectivity index (χ3n) is 8.22. The number of piperidine rings is 1. The Morgan fingerprint density at radius 2 is 1.69 bits per heavy atom. The Labute approximate surface area is 249 Å². The number of likely N-dealkylation sites (tertiary alicyclic amines) is 1. The van der Waals surface area contributed by atoms with Crippen LogP contribution in [0.2, 0.25) is 0 Å². The Kier molecular flexibility index (Phi) is 9.55. The molecule has 0 aliphatic carbocycles. The molecule has 2 heterocycles. The van der Waals surface area contributed by atoms with Gasteiger partial charge in [-0.3, -0.25) is 4.98 Å². The summed E-state index contributed by atoms with van der Waals surface area (Å²) in [4.78, 5) is 18.7. The summed E-state index contributed by atoms with van der Waals surface area (Å²) in [5, 5.41) is 12.5. The maximum Gasteiger partial charge on any atom is 0.407 e. The van der Waals surface area contributed by atoms with Gasteiger partial charge in [-0.05, 0) is 64.3 Å². The Hall–Kier alpha value is -3.74. The molecule has 1 amide bonds. The van der Waals surface area contributed by atoms with Crippen LogP contribution in [0.1, 0.15) is 61.9 Å². The van der Waals surface area contributed by atoms with Crippen molar-refractivity contribution in [1.82, 2.24) is 9.88 Å². The molecule has 1 fully saturated rings. The molecule has 3 unspecified atom stereocenters. The maximum absolute atomic E-state index is 12.3. The van der Waals surface area contributed by atoms with Gasteiger partial charge in [0.05, 0.1) is 25.4 Å². The third-order valence-corrected chi connectivity index (χ3v) is 8.22. The number of carbonyl (C=O) groups is 1. The van der Waals surface area contributed by atoms with Crippen molar-refractivity contribution in [2.24, 2.45) is 5.41 Å². The van der Waals surface area contributed by atoms with Gasteiger partial charge in [0.25, 0.3) is 0 Å². The van der Waals surface area contributed by atoms with Gasteiger partial charge in [0.1, 0.15) is 0 Å². The molecule has 1 saturated heterocycles. The maximum atomic E-state index is 12.3. The smallest absolute Gasteiger partial charge is 0.407 e. The number of pyridine rings is 1. The lowest BCUT2D eigenvalue weighted by Crippen LogP contribution is -2.59. The second kappa shape index (κ2) is 13.5. The normalized spacial score (nSPS) is 19.2. The second-order valence-electron chi connectivity index (χ2n) is 12.4. The fourth-order valence-electron chi connectivity index (χ4n) is 6.16. The van der Waals surface area contributed by atoms with E-state index >= 15 is 0 Å². The molecular weight excluding hydrogens is 524 g/mol. The van der Waals surface area contributed by atoms with E-state index in [1.807, 2.05) is 36.5 Å². The minimum absolute atomic E-state index is 0.0426. The van der Waals surface area contributed by atoms with Gasteiger partial charge >= 0.3 is 6.09 Å². The minimum Gasteiger partial charge on any atom is -0.465 e. The summed E-state index contributed by atoms with van der Waals surface area (Å²) in [5.41, 5.74) is 4.08. The van der Waals surface area contributed by atoms with Gasteiger partial charge in [0.2, 0.25) is 0 Å². The van der Waals surface area contributed by atoms with Crippen molar-refractivity contribution < 1.29 is 19.4 Å². The van der Waals surface area contributed by atoms with E-state index in [0.29, 0.717) is 32.8 Å². The van der Waals surface area contributed by atoms with E-state index in [2.05, 4.69) is 75.4 Å². The van der Waals surface area contributed by atoms with Crippen LogP contribution in [-0.2, 0) is 29.1 Å². The standard InChI is InChI=1S/C36H42N2O4/c1-36(2,3)34-33(42-25-27-15-16-28-12-7-8-13-29(28)22-27)32(19-20-38(34)35(39)40)30-17-18-31(37-23-30)14-9-21-41-24-26-10-5-4-6-11-26/h4-8,10-13,15-18,22-23,32-34H,9,14,19-21,24-25H2,1-3H3,(H,39,40). The van der Waals surface area contributed by atoms with E-state index in [4.69, 9.17) is 14.5 Å². The highest BCUT2D eigenvalue weighted by Gasteiger charge is 2.47. The number of hydrogen-bond donors (Lipinski definition) is 1. The SMILES string of the molecule is CC(C)(C)C1C(OCc2ccc3ccccc3c2)C(c2ccc(CCCOCc3ccccc3)nc2)CCN1C(=O)O. The zero-order valence-electron chi connectivity index (χ0n) is 24.9. The lowest BCUT2D eigenvalue weighted by Gasteiger charge is -2.49. The average molecular weight is 567 g/mol. The molecular formula is C36H42N2O4. The fourth-order valence-corrected chi connectivity index (χ4v) is 6.16. The highest BCUT2D eigenvalue weighted by atomic mass is 16.5. The minimum atomic E-state index is -0.893. The van der Waals surface area contributed by atoms with E-state index in [0.717, 1.165) is 29.7 Å². The number of nitrogens with zero attached hydrogens (tertiary/aromatic N) is 2. The lowest BCUT2D eigenvalue weighted by molar-refractivity contribution is -0.0887. The first-order valence-corrected chi connectivity index (χ1v) is 14.9. The Morgan fingerprint density at radius 3 is 2.40 bits per heavy atom. The predicted molar refractivity (Wildman–Crippen MR) is 167 cm³/mol. The lowest BCUT2D eigenvalue weighted by atomic mass is 9.73. The van der Waals surface area contributed by atoms with Gasteiger partial charge < -0.3 is 19.5 Å². The van der Waals surface area contributed by atoms with E-state index in [9.17, 15) is 9.90 Å². The number of carboxylic acid groups (broad SMARTS) is 1. The molecule has 220 valence electrons. The quantitative estimate of drug-likeness (QED) is 0.198. The van der Waals surface area contributed by atoms with E-state index in [1.165, 1.54) is 16.3 Å². The molecule has 1 N–H and O–H groups in total. The molecule has 0 radical (unpaired) electrons. The summed E-state index contributed by atoms with van der Waals surface area (Å²) in [7, 11) is 0. The summed E-state index contributed by atoms with van der Waals surface area (Å²) in [6.45, 7) is 8.50. The van der Waals surface area contributed by atoms with Crippen LogP contribution in [0.5, 0.6) is 0 Å². The van der Waals surface area contributed by atoms with Gasteiger partial charge in [0.15, 0.2) is 0 Å². The molecule has 5 rings (SSSR count). The van der Waals surface area contributed by atoms with Crippen LogP contribution >= 0.6 is 0 Å². The van der Waals surface area contributed by atoms with Gasteiger partial charge in [-0.25, -0.2) is 4.79 Å². The molecule has 0 bridgehead atoms. The predicted octanol–water partition coefficient (Wildman–Crippen LogP) is 7.85. The van der Waals surface area contributed by atoms with Crippen molar-refractivity contribution in [3.8, 4) is 0 Å². The van der Waals surface area contributed by atoms with Crippen molar-refractivity contribution in [3.63, 3.8) is 0 Å². The van der Waals surface area contributed by atoms with E-state index in [-0.39, 0.29) is 23.5 Å². The summed E-state index contributed by atoms with van der Waals surface area (Å²) < 4.78 is 12.6. The third kappa shape index (κ3) is 7.36. The highest BCUT2D eigenvalue weighted by molar-refractivity contribution is 5.82. The molecule has 0 saturated carbocycles. The number of aryl methyl sites for hydroxylation is 1. The molecule has 1 aliphatic rings. The van der Waals surface area contributed by atoms with Crippen molar-refractivity contribution in [2.75, 3.05) is 13.2 Å². The number of rotatable bonds is 10. The average Bonchev–Trinajstić information content (AvgIpc) is 2.99. The number of aromatic nitrogens is 1. The van der Waals surface area contributed by atoms with Crippen LogP contribution in [0.3, 0.4) is 0 Å². The van der Waals surface area contributed by atoms with E-state index in [1.54, 1.807) is 4.90 Å². The molecule has 0 spiro atoms. The number of amides is 1. The van der Waals surface area contributed by atoms with Crippen LogP contribution < -0.4 is 0 Å². The Balaban J connectivity index is 1.28. The molecule has 1 aromatic heterocycles. The van der Waals surface area contributed by atoms with Gasteiger partial charge in [-0.15, -0.1) is 0 Å². The summed E-state index contributed by atoms with van der Waals surface area (Å²) >= 11 is 0. The number of fused-ring (bicyclic) bond motifs is 1.